The van der Waals surface area contributed by atoms with Crippen LogP contribution in [0.5, 0.6) is 0 Å². The standard InChI is InChI=1S/C20H13ClN8/c21-11-7-5-10(6-8-11)16-12(9-22)17(23)27-20-15(18(24)28-29(16)20)19-25-13-3-1-2-4-14(13)26-19/h1-8H,(H2,23,27)(H2,24,28)(H,25,26). The Morgan fingerprint density at radius 2 is 1.76 bits per heavy atom. The van der Waals surface area contributed by atoms with Crippen molar-refractivity contribution in [2.24, 2.45) is 0 Å². The molecule has 0 saturated carbocycles. The average Bonchev–Trinajstić information content (AvgIpc) is 3.27. The number of fused-ring (bicyclic) bond motifs is 2. The van der Waals surface area contributed by atoms with E-state index in [1.165, 1.54) is 4.52 Å². The normalized spacial score (nSPS) is 11.2. The minimum atomic E-state index is 0.0854. The molecule has 0 radical (unpaired) electrons. The number of nitrogens with zero attached hydrogens (tertiary/aromatic N) is 5. The minimum absolute atomic E-state index is 0.0854. The number of rotatable bonds is 2. The van der Waals surface area contributed by atoms with Crippen molar-refractivity contribution in [2.75, 3.05) is 11.5 Å². The fraction of sp³-hybridized carbons (Fsp3) is 0. The number of aromatic amines is 1. The number of nitrogens with one attached hydrogen (secondary N) is 1. The lowest BCUT2D eigenvalue weighted by molar-refractivity contribution is 0.952. The highest BCUT2D eigenvalue weighted by Gasteiger charge is 2.23. The van der Waals surface area contributed by atoms with Crippen molar-refractivity contribution in [3.63, 3.8) is 0 Å². The monoisotopic (exact) mass is 400 g/mol. The van der Waals surface area contributed by atoms with Crippen molar-refractivity contribution >= 4 is 39.9 Å². The Kier molecular flexibility index (Phi) is 3.66. The van der Waals surface area contributed by atoms with E-state index in [1.807, 2.05) is 24.3 Å². The Balaban J connectivity index is 1.85. The number of anilines is 2. The van der Waals surface area contributed by atoms with E-state index in [4.69, 9.17) is 23.1 Å². The molecule has 3 heterocycles. The van der Waals surface area contributed by atoms with Gasteiger partial charge in [-0.1, -0.05) is 35.9 Å². The van der Waals surface area contributed by atoms with Gasteiger partial charge in [0.1, 0.15) is 28.8 Å². The number of nitriles is 1. The lowest BCUT2D eigenvalue weighted by atomic mass is 10.1. The number of nitrogen functional groups attached to an aromatic ring is 2. The summed E-state index contributed by atoms with van der Waals surface area (Å²) in [6.07, 6.45) is 0. The van der Waals surface area contributed by atoms with Crippen molar-refractivity contribution < 1.29 is 0 Å². The van der Waals surface area contributed by atoms with Crippen LogP contribution in [-0.2, 0) is 0 Å². The molecule has 0 fully saturated rings. The summed E-state index contributed by atoms with van der Waals surface area (Å²) in [4.78, 5) is 12.2. The molecule has 0 spiro atoms. The first kappa shape index (κ1) is 17.0. The molecule has 140 valence electrons. The van der Waals surface area contributed by atoms with Gasteiger partial charge >= 0.3 is 0 Å². The highest BCUT2D eigenvalue weighted by atomic mass is 35.5. The number of nitrogens with two attached hydrogens (primary N) is 2. The van der Waals surface area contributed by atoms with Crippen LogP contribution in [0.15, 0.2) is 48.5 Å². The summed E-state index contributed by atoms with van der Waals surface area (Å²) >= 11 is 6.01. The maximum absolute atomic E-state index is 9.68. The quantitative estimate of drug-likeness (QED) is 0.414. The number of hydrogen-bond acceptors (Lipinski definition) is 6. The molecular weight excluding hydrogens is 388 g/mol. The van der Waals surface area contributed by atoms with Crippen LogP contribution in [0.1, 0.15) is 5.56 Å². The first-order valence-electron chi connectivity index (χ1n) is 8.65. The molecule has 0 amide bonds. The van der Waals surface area contributed by atoms with Crippen LogP contribution in [0, 0.1) is 11.3 Å². The van der Waals surface area contributed by atoms with Crippen LogP contribution in [0.2, 0.25) is 5.02 Å². The van der Waals surface area contributed by atoms with E-state index in [2.05, 4.69) is 26.1 Å². The van der Waals surface area contributed by atoms with Crippen LogP contribution >= 0.6 is 11.6 Å². The summed E-state index contributed by atoms with van der Waals surface area (Å²) in [6.45, 7) is 0. The summed E-state index contributed by atoms with van der Waals surface area (Å²) in [7, 11) is 0. The van der Waals surface area contributed by atoms with Gasteiger partial charge in [-0.3, -0.25) is 0 Å². The van der Waals surface area contributed by atoms with Crippen molar-refractivity contribution in [1.82, 2.24) is 24.6 Å². The molecule has 5 aromatic rings. The Morgan fingerprint density at radius 1 is 1.00 bits per heavy atom. The molecule has 2 aromatic carbocycles. The first-order valence-corrected chi connectivity index (χ1v) is 9.03. The second-order valence-corrected chi connectivity index (χ2v) is 6.87. The van der Waals surface area contributed by atoms with E-state index < -0.39 is 0 Å². The lowest BCUT2D eigenvalue weighted by Crippen LogP contribution is -2.05. The van der Waals surface area contributed by atoms with Crippen LogP contribution < -0.4 is 11.5 Å². The lowest BCUT2D eigenvalue weighted by Gasteiger charge is -2.09. The molecular formula is C20H13ClN8. The third-order valence-corrected chi connectivity index (χ3v) is 4.93. The molecule has 0 bridgehead atoms. The van der Waals surface area contributed by atoms with Gasteiger partial charge in [0.25, 0.3) is 0 Å². The van der Waals surface area contributed by atoms with Gasteiger partial charge in [-0.2, -0.15) is 5.26 Å². The van der Waals surface area contributed by atoms with Gasteiger partial charge in [0, 0.05) is 10.6 Å². The maximum atomic E-state index is 9.68. The number of aromatic nitrogens is 5. The second kappa shape index (κ2) is 6.22. The van der Waals surface area contributed by atoms with Crippen molar-refractivity contribution in [3.8, 4) is 28.7 Å². The van der Waals surface area contributed by atoms with Gasteiger partial charge in [-0.05, 0) is 24.3 Å². The summed E-state index contributed by atoms with van der Waals surface area (Å²) in [6, 6.07) is 16.8. The average molecular weight is 401 g/mol. The fourth-order valence-electron chi connectivity index (χ4n) is 3.36. The number of halogens is 1. The van der Waals surface area contributed by atoms with Gasteiger partial charge in [-0.15, -0.1) is 5.10 Å². The SMILES string of the molecule is N#Cc1c(N)nc2c(-c3nc4ccccc4[nH]3)c(N)nn2c1-c1ccc(Cl)cc1. The molecule has 0 aliphatic carbocycles. The van der Waals surface area contributed by atoms with E-state index in [-0.39, 0.29) is 17.2 Å². The molecule has 0 aliphatic rings. The molecule has 0 unspecified atom stereocenters. The molecule has 0 aliphatic heterocycles. The third kappa shape index (κ3) is 2.56. The summed E-state index contributed by atoms with van der Waals surface area (Å²) in [5.41, 5.74) is 16.4. The number of imidazole rings is 1. The van der Waals surface area contributed by atoms with Crippen LogP contribution in [0.4, 0.5) is 11.6 Å². The van der Waals surface area contributed by atoms with E-state index in [0.717, 1.165) is 11.0 Å². The zero-order chi connectivity index (χ0) is 20.1. The van der Waals surface area contributed by atoms with Crippen molar-refractivity contribution in [2.45, 2.75) is 0 Å². The molecule has 0 saturated heterocycles. The predicted octanol–water partition coefficient (Wildman–Crippen LogP) is 3.63. The van der Waals surface area contributed by atoms with E-state index in [1.54, 1.807) is 24.3 Å². The number of hydrogen-bond donors (Lipinski definition) is 3. The molecule has 5 N–H and O–H groups in total. The molecule has 0 atom stereocenters. The van der Waals surface area contributed by atoms with Crippen LogP contribution in [0.3, 0.4) is 0 Å². The minimum Gasteiger partial charge on any atom is -0.382 e. The Labute approximate surface area is 169 Å². The van der Waals surface area contributed by atoms with Gasteiger partial charge in [0.15, 0.2) is 11.5 Å². The molecule has 9 heteroatoms. The number of para-hydroxylation sites is 2. The highest BCUT2D eigenvalue weighted by molar-refractivity contribution is 6.30. The largest absolute Gasteiger partial charge is 0.382 e. The van der Waals surface area contributed by atoms with E-state index in [9.17, 15) is 5.26 Å². The molecule has 5 rings (SSSR count). The van der Waals surface area contributed by atoms with Gasteiger partial charge in [0.2, 0.25) is 0 Å². The fourth-order valence-corrected chi connectivity index (χ4v) is 3.49. The second-order valence-electron chi connectivity index (χ2n) is 6.44. The summed E-state index contributed by atoms with van der Waals surface area (Å²) in [5, 5.41) is 14.7. The zero-order valence-corrected chi connectivity index (χ0v) is 15.6. The third-order valence-electron chi connectivity index (χ3n) is 4.67. The smallest absolute Gasteiger partial charge is 0.171 e. The molecule has 3 aromatic heterocycles. The Morgan fingerprint density at radius 3 is 2.48 bits per heavy atom. The highest BCUT2D eigenvalue weighted by Crippen LogP contribution is 2.35. The van der Waals surface area contributed by atoms with Gasteiger partial charge < -0.3 is 16.5 Å². The first-order chi connectivity index (χ1) is 14.1. The van der Waals surface area contributed by atoms with Crippen LogP contribution in [-0.4, -0.2) is 24.6 Å². The van der Waals surface area contributed by atoms with Crippen molar-refractivity contribution in [3.05, 3.63) is 59.1 Å². The van der Waals surface area contributed by atoms with Gasteiger partial charge in [0.05, 0.1) is 16.7 Å². The zero-order valence-electron chi connectivity index (χ0n) is 14.9. The van der Waals surface area contributed by atoms with E-state index in [0.29, 0.717) is 33.3 Å². The van der Waals surface area contributed by atoms with Gasteiger partial charge in [-0.25, -0.2) is 14.5 Å². The van der Waals surface area contributed by atoms with Crippen LogP contribution in [0.25, 0.3) is 39.3 Å². The Hall–Kier alpha value is -4.09. The summed E-state index contributed by atoms with van der Waals surface area (Å²) < 4.78 is 1.52. The van der Waals surface area contributed by atoms with E-state index >= 15 is 0 Å². The predicted molar refractivity (Wildman–Crippen MR) is 112 cm³/mol. The number of benzene rings is 2. The maximum Gasteiger partial charge on any atom is 0.171 e. The topological polar surface area (TPSA) is 135 Å². The summed E-state index contributed by atoms with van der Waals surface area (Å²) in [5.74, 6) is 0.834. The number of H-pyrrole nitrogens is 1. The Bertz CT molecular complexity index is 1410. The van der Waals surface area contributed by atoms with Crippen molar-refractivity contribution in [1.29, 1.82) is 5.26 Å². The molecule has 29 heavy (non-hydrogen) atoms. The molecule has 8 nitrogen and oxygen atoms in total.